The molecule has 9 nitrogen and oxygen atoms in total. The van der Waals surface area contributed by atoms with Crippen molar-refractivity contribution in [3.05, 3.63) is 30.6 Å². The highest BCUT2D eigenvalue weighted by atomic mass is 19.1. The van der Waals surface area contributed by atoms with Crippen molar-refractivity contribution >= 4 is 34.4 Å². The monoisotopic (exact) mass is 399 g/mol. The van der Waals surface area contributed by atoms with Gasteiger partial charge in [-0.05, 0) is 24.6 Å². The van der Waals surface area contributed by atoms with Crippen LogP contribution in [-0.2, 0) is 11.8 Å². The lowest BCUT2D eigenvalue weighted by Crippen LogP contribution is -2.15. The van der Waals surface area contributed by atoms with E-state index in [0.29, 0.717) is 22.9 Å². The Balaban J connectivity index is 1.71. The number of rotatable bonds is 5. The molecule has 0 aliphatic heterocycles. The maximum Gasteiger partial charge on any atom is 0.409 e. The van der Waals surface area contributed by atoms with E-state index in [9.17, 15) is 14.0 Å². The highest BCUT2D eigenvalue weighted by Crippen LogP contribution is 2.36. The molecule has 0 bridgehead atoms. The molecule has 150 valence electrons. The number of fused-ring (bicyclic) bond motifs is 1. The average molecular weight is 399 g/mol. The normalized spacial score (nSPS) is 17.8. The maximum absolute atomic E-state index is 13.1. The number of aryl methyl sites for hydroxylation is 1. The van der Waals surface area contributed by atoms with Crippen molar-refractivity contribution in [3.63, 3.8) is 0 Å². The molecule has 2 atom stereocenters. The summed E-state index contributed by atoms with van der Waals surface area (Å²) in [5.74, 6) is -0.307. The van der Waals surface area contributed by atoms with Crippen molar-refractivity contribution in [1.29, 1.82) is 0 Å². The number of halogens is 1. The molecule has 3 N–H and O–H groups in total. The number of carbonyl (C=O) groups is 2. The van der Waals surface area contributed by atoms with E-state index in [1.165, 1.54) is 13.3 Å². The van der Waals surface area contributed by atoms with Gasteiger partial charge in [-0.2, -0.15) is 0 Å². The Hall–Kier alpha value is -3.69. The van der Waals surface area contributed by atoms with Gasteiger partial charge >= 0.3 is 6.09 Å². The first-order chi connectivity index (χ1) is 13.9. The Morgan fingerprint density at radius 2 is 2.00 bits per heavy atom. The standard InChI is InChI=1S/C19H18FN5O4/c1-25-14(12-5-10(23-19(27)28)7-22-18(12)29-2)3-9-4-16(21-8-15(9)25)24-17(26)11-6-13(11)20/h3-5,7-8,11,13,23H,6H2,1-2H3,(H,27,28)(H,21,24,26)/t11-,13+/m1/s1. The minimum atomic E-state index is -1.20. The maximum atomic E-state index is 13.1. The Bertz CT molecular complexity index is 1130. The molecule has 10 heteroatoms. The van der Waals surface area contributed by atoms with Crippen LogP contribution in [0.3, 0.4) is 0 Å². The number of anilines is 2. The average Bonchev–Trinajstić information content (AvgIpc) is 3.33. The first kappa shape index (κ1) is 18.7. The molecule has 3 heterocycles. The Labute approximate surface area is 164 Å². The zero-order valence-electron chi connectivity index (χ0n) is 15.6. The number of pyridine rings is 2. The van der Waals surface area contributed by atoms with E-state index >= 15 is 0 Å². The third kappa shape index (κ3) is 3.56. The van der Waals surface area contributed by atoms with Crippen LogP contribution in [-0.4, -0.2) is 44.9 Å². The SMILES string of the molecule is COc1ncc(NC(=O)O)cc1-c1cc2cc(NC(=O)[C@@H]3C[C@@H]3F)ncc2n1C. The summed E-state index contributed by atoms with van der Waals surface area (Å²) in [6, 6.07) is 5.18. The number of nitrogens with zero attached hydrogens (tertiary/aromatic N) is 3. The molecule has 3 aromatic rings. The van der Waals surface area contributed by atoms with Crippen LogP contribution >= 0.6 is 0 Å². The number of alkyl halides is 1. The van der Waals surface area contributed by atoms with Gasteiger partial charge in [-0.25, -0.2) is 19.2 Å². The predicted molar refractivity (Wildman–Crippen MR) is 104 cm³/mol. The van der Waals surface area contributed by atoms with Crippen LogP contribution in [0.4, 0.5) is 20.7 Å². The molecule has 3 aromatic heterocycles. The third-order valence-corrected chi connectivity index (χ3v) is 4.80. The molecule has 0 saturated heterocycles. The van der Waals surface area contributed by atoms with Gasteiger partial charge in [0.25, 0.3) is 0 Å². The zero-order valence-corrected chi connectivity index (χ0v) is 15.6. The van der Waals surface area contributed by atoms with Crippen LogP contribution in [0.2, 0.25) is 0 Å². The summed E-state index contributed by atoms with van der Waals surface area (Å²) >= 11 is 0. The van der Waals surface area contributed by atoms with Gasteiger partial charge in [0.15, 0.2) is 0 Å². The first-order valence-electron chi connectivity index (χ1n) is 8.82. The van der Waals surface area contributed by atoms with Crippen molar-refractivity contribution in [2.45, 2.75) is 12.6 Å². The van der Waals surface area contributed by atoms with Gasteiger partial charge in [-0.1, -0.05) is 0 Å². The lowest BCUT2D eigenvalue weighted by molar-refractivity contribution is -0.117. The first-order valence-corrected chi connectivity index (χ1v) is 8.82. The van der Waals surface area contributed by atoms with Gasteiger partial charge in [0.05, 0.1) is 47.9 Å². The Morgan fingerprint density at radius 3 is 2.66 bits per heavy atom. The highest BCUT2D eigenvalue weighted by molar-refractivity contribution is 5.96. The molecule has 1 fully saturated rings. The zero-order chi connectivity index (χ0) is 20.7. The molecule has 1 aliphatic rings. The van der Waals surface area contributed by atoms with E-state index in [1.807, 2.05) is 17.7 Å². The van der Waals surface area contributed by atoms with E-state index in [-0.39, 0.29) is 12.3 Å². The number of carbonyl (C=O) groups excluding carboxylic acids is 1. The Kier molecular flexibility index (Phi) is 4.53. The summed E-state index contributed by atoms with van der Waals surface area (Å²) in [5, 5.41) is 14.6. The van der Waals surface area contributed by atoms with E-state index in [2.05, 4.69) is 20.6 Å². The topological polar surface area (TPSA) is 118 Å². The minimum Gasteiger partial charge on any atom is -0.481 e. The summed E-state index contributed by atoms with van der Waals surface area (Å²) < 4.78 is 20.2. The lowest BCUT2D eigenvalue weighted by Gasteiger charge is -2.11. The van der Waals surface area contributed by atoms with E-state index in [1.54, 1.807) is 18.3 Å². The van der Waals surface area contributed by atoms with Gasteiger partial charge in [-0.15, -0.1) is 0 Å². The molecular formula is C19H18FN5O4. The fourth-order valence-electron chi connectivity index (χ4n) is 3.20. The summed E-state index contributed by atoms with van der Waals surface area (Å²) in [5.41, 5.74) is 2.39. The summed E-state index contributed by atoms with van der Waals surface area (Å²) in [6.45, 7) is 0. The lowest BCUT2D eigenvalue weighted by atomic mass is 10.1. The highest BCUT2D eigenvalue weighted by Gasteiger charge is 2.43. The van der Waals surface area contributed by atoms with Gasteiger partial charge in [-0.3, -0.25) is 10.1 Å². The molecule has 1 saturated carbocycles. The molecule has 0 spiro atoms. The van der Waals surface area contributed by atoms with Crippen LogP contribution in [0.1, 0.15) is 6.42 Å². The largest absolute Gasteiger partial charge is 0.481 e. The van der Waals surface area contributed by atoms with E-state index in [4.69, 9.17) is 9.84 Å². The van der Waals surface area contributed by atoms with Crippen LogP contribution in [0.25, 0.3) is 22.2 Å². The van der Waals surface area contributed by atoms with Crippen LogP contribution in [0.15, 0.2) is 30.6 Å². The van der Waals surface area contributed by atoms with E-state index < -0.39 is 18.2 Å². The van der Waals surface area contributed by atoms with Gasteiger partial charge in [0, 0.05) is 12.4 Å². The molecular weight excluding hydrogens is 381 g/mol. The van der Waals surface area contributed by atoms with Crippen LogP contribution in [0.5, 0.6) is 5.88 Å². The van der Waals surface area contributed by atoms with E-state index in [0.717, 1.165) is 16.6 Å². The second kappa shape index (κ2) is 7.04. The fourth-order valence-corrected chi connectivity index (χ4v) is 3.20. The van der Waals surface area contributed by atoms with Crippen molar-refractivity contribution in [1.82, 2.24) is 14.5 Å². The summed E-state index contributed by atoms with van der Waals surface area (Å²) in [4.78, 5) is 31.3. The minimum absolute atomic E-state index is 0.247. The third-order valence-electron chi connectivity index (χ3n) is 4.80. The smallest absolute Gasteiger partial charge is 0.409 e. The van der Waals surface area contributed by atoms with Gasteiger partial charge in [0.2, 0.25) is 11.8 Å². The molecule has 1 aliphatic carbocycles. The van der Waals surface area contributed by atoms with Gasteiger partial charge < -0.3 is 19.7 Å². The van der Waals surface area contributed by atoms with Crippen molar-refractivity contribution in [2.75, 3.05) is 17.7 Å². The number of ether oxygens (including phenoxy) is 1. The van der Waals surface area contributed by atoms with Crippen molar-refractivity contribution in [2.24, 2.45) is 13.0 Å². The number of hydrogen-bond donors (Lipinski definition) is 3. The quantitative estimate of drug-likeness (QED) is 0.607. The number of methoxy groups -OCH3 is 1. The molecule has 0 radical (unpaired) electrons. The fraction of sp³-hybridized carbons (Fsp3) is 0.263. The number of nitrogens with one attached hydrogen (secondary N) is 2. The number of carboxylic acid groups (broad SMARTS) is 1. The molecule has 29 heavy (non-hydrogen) atoms. The molecule has 4 rings (SSSR count). The van der Waals surface area contributed by atoms with Gasteiger partial charge in [0.1, 0.15) is 12.0 Å². The summed E-state index contributed by atoms with van der Waals surface area (Å²) in [7, 11) is 3.30. The molecule has 0 aromatic carbocycles. The Morgan fingerprint density at radius 1 is 1.24 bits per heavy atom. The number of hydrogen-bond acceptors (Lipinski definition) is 5. The second-order valence-corrected chi connectivity index (χ2v) is 6.78. The predicted octanol–water partition coefficient (Wildman–Crippen LogP) is 3.03. The van der Waals surface area contributed by atoms with Crippen LogP contribution < -0.4 is 15.4 Å². The van der Waals surface area contributed by atoms with Crippen LogP contribution in [0, 0.1) is 5.92 Å². The number of amides is 2. The van der Waals surface area contributed by atoms with Crippen molar-refractivity contribution in [3.8, 4) is 17.1 Å². The van der Waals surface area contributed by atoms with Crippen molar-refractivity contribution < 1.29 is 23.8 Å². The molecule has 2 amide bonds. The second-order valence-electron chi connectivity index (χ2n) is 6.78. The summed E-state index contributed by atoms with van der Waals surface area (Å²) in [6.07, 6.45) is 0.944. The molecule has 0 unspecified atom stereocenters. The number of aromatic nitrogens is 3.